The van der Waals surface area contributed by atoms with Crippen molar-refractivity contribution in [2.45, 2.75) is 66.3 Å². The average Bonchev–Trinajstić information content (AvgIpc) is 3.28. The molecule has 15 nitrogen and oxygen atoms in total. The Balaban J connectivity index is 1.56. The lowest BCUT2D eigenvalue weighted by molar-refractivity contribution is -0.155. The molecular weight excluding hydrogens is 829 g/mol. The Labute approximate surface area is 377 Å². The van der Waals surface area contributed by atoms with Crippen LogP contribution in [0.1, 0.15) is 64.2 Å². The second kappa shape index (κ2) is 29.7. The molecule has 0 aliphatic carbocycles. The third-order valence-corrected chi connectivity index (χ3v) is 8.81. The predicted molar refractivity (Wildman–Crippen MR) is 238 cm³/mol. The van der Waals surface area contributed by atoms with Crippen LogP contribution in [-0.4, -0.2) is 116 Å². The highest BCUT2D eigenvalue weighted by Gasteiger charge is 2.18. The molecule has 0 saturated carbocycles. The van der Waals surface area contributed by atoms with Crippen molar-refractivity contribution in [3.63, 3.8) is 0 Å². The van der Waals surface area contributed by atoms with Gasteiger partial charge in [-0.2, -0.15) is 0 Å². The summed E-state index contributed by atoms with van der Waals surface area (Å²) in [4.78, 5) is 34.5. The van der Waals surface area contributed by atoms with Gasteiger partial charge < -0.3 is 56.8 Å². The van der Waals surface area contributed by atoms with E-state index in [-0.39, 0.29) is 45.6 Å². The minimum atomic E-state index is -0.507. The molecule has 0 aliphatic heterocycles. The standard InChI is InChI=1S/C49H64O15/c1-34(2)47(50)62-31-25-56-37(7)53-22-28-59-43-16-10-40(11-17-43)46(41-12-18-44(19-13-41)60-29-23-54-38(8)57-26-32-63-48(51)35(3)4)42-14-20-45(21-15-42)61-30-24-55-39(9)58-27-33-64-49(52)36(5)6/h10-21,37-39,46H,1,3,5,22-33H2,2,4,6-9H3. The van der Waals surface area contributed by atoms with Crippen molar-refractivity contribution >= 4 is 17.9 Å². The number of carbonyl (C=O) groups is 3. The van der Waals surface area contributed by atoms with Crippen molar-refractivity contribution in [2.24, 2.45) is 0 Å². The van der Waals surface area contributed by atoms with Crippen LogP contribution < -0.4 is 14.2 Å². The second-order valence-electron chi connectivity index (χ2n) is 14.4. The first-order valence-electron chi connectivity index (χ1n) is 21.1. The summed E-state index contributed by atoms with van der Waals surface area (Å²) in [6.07, 6.45) is -1.52. The Morgan fingerprint density at radius 1 is 0.375 bits per heavy atom. The number of hydrogen-bond acceptors (Lipinski definition) is 15. The molecule has 0 aliphatic rings. The van der Waals surface area contributed by atoms with Crippen molar-refractivity contribution in [1.29, 1.82) is 0 Å². The first-order chi connectivity index (χ1) is 30.7. The number of benzene rings is 3. The van der Waals surface area contributed by atoms with E-state index in [1.807, 2.05) is 72.8 Å². The van der Waals surface area contributed by atoms with Gasteiger partial charge in [0.25, 0.3) is 0 Å². The topological polar surface area (TPSA) is 162 Å². The molecule has 0 fully saturated rings. The molecule has 3 unspecified atom stereocenters. The fourth-order valence-corrected chi connectivity index (χ4v) is 5.53. The smallest absolute Gasteiger partial charge is 0.333 e. The van der Waals surface area contributed by atoms with E-state index in [0.717, 1.165) is 16.7 Å². The van der Waals surface area contributed by atoms with Gasteiger partial charge >= 0.3 is 17.9 Å². The molecule has 15 heteroatoms. The fraction of sp³-hybridized carbons (Fsp3) is 0.449. The van der Waals surface area contributed by atoms with Gasteiger partial charge in [-0.15, -0.1) is 0 Å². The first-order valence-corrected chi connectivity index (χ1v) is 21.1. The van der Waals surface area contributed by atoms with E-state index in [4.69, 9.17) is 56.8 Å². The van der Waals surface area contributed by atoms with Gasteiger partial charge in [-0.1, -0.05) is 56.1 Å². The summed E-state index contributed by atoms with van der Waals surface area (Å²) in [6, 6.07) is 23.7. The lowest BCUT2D eigenvalue weighted by Gasteiger charge is -2.20. The van der Waals surface area contributed by atoms with Crippen molar-refractivity contribution in [3.8, 4) is 17.2 Å². The minimum Gasteiger partial charge on any atom is -0.491 e. The van der Waals surface area contributed by atoms with E-state index in [1.165, 1.54) is 0 Å². The van der Waals surface area contributed by atoms with Gasteiger partial charge in [-0.3, -0.25) is 0 Å². The quantitative estimate of drug-likeness (QED) is 0.0148. The number of hydrogen-bond donors (Lipinski definition) is 0. The van der Waals surface area contributed by atoms with E-state index in [9.17, 15) is 14.4 Å². The average molecular weight is 893 g/mol. The van der Waals surface area contributed by atoms with Crippen LogP contribution in [0.4, 0.5) is 0 Å². The predicted octanol–water partition coefficient (Wildman–Crippen LogP) is 7.50. The van der Waals surface area contributed by atoms with Crippen LogP contribution in [0, 0.1) is 0 Å². The molecule has 3 atom stereocenters. The third kappa shape index (κ3) is 21.2. The molecule has 0 bridgehead atoms. The first kappa shape index (κ1) is 52.8. The van der Waals surface area contributed by atoms with Gasteiger partial charge in [0, 0.05) is 22.6 Å². The molecule has 0 N–H and O–H groups in total. The molecule has 0 spiro atoms. The summed E-state index contributed by atoms with van der Waals surface area (Å²) in [5.74, 6) is 0.528. The zero-order valence-corrected chi connectivity index (χ0v) is 38.0. The van der Waals surface area contributed by atoms with Crippen LogP contribution in [0.25, 0.3) is 0 Å². The SMILES string of the molecule is C=C(C)C(=O)OCCOC(C)OCCOc1ccc(C(c2ccc(OCCOC(C)OCCOC(=O)C(=C)C)cc2)c2ccc(OCCOC(C)OCCOC(=O)C(=C)C)cc2)cc1. The summed E-state index contributed by atoms with van der Waals surface area (Å²) in [6.45, 7) is 23.4. The Morgan fingerprint density at radius 2 is 0.594 bits per heavy atom. The normalized spacial score (nSPS) is 12.8. The molecule has 0 aromatic heterocycles. The molecule has 0 saturated heterocycles. The van der Waals surface area contributed by atoms with Gasteiger partial charge in [-0.25, -0.2) is 14.4 Å². The highest BCUT2D eigenvalue weighted by Crippen LogP contribution is 2.34. The van der Waals surface area contributed by atoms with Crippen LogP contribution in [0.15, 0.2) is 109 Å². The van der Waals surface area contributed by atoms with E-state index in [2.05, 4.69) is 19.7 Å². The zero-order chi connectivity index (χ0) is 46.7. The third-order valence-electron chi connectivity index (χ3n) is 8.81. The monoisotopic (exact) mass is 892 g/mol. The van der Waals surface area contributed by atoms with Crippen LogP contribution in [0.3, 0.4) is 0 Å². The molecule has 0 heterocycles. The van der Waals surface area contributed by atoms with Crippen LogP contribution in [0.5, 0.6) is 17.2 Å². The summed E-state index contributed by atoms with van der Waals surface area (Å²) < 4.78 is 66.6. The Morgan fingerprint density at radius 3 is 0.812 bits per heavy atom. The van der Waals surface area contributed by atoms with Gasteiger partial charge in [0.2, 0.25) is 0 Å². The van der Waals surface area contributed by atoms with Gasteiger partial charge in [0.15, 0.2) is 18.9 Å². The van der Waals surface area contributed by atoms with Gasteiger partial charge in [0.1, 0.15) is 56.9 Å². The van der Waals surface area contributed by atoms with E-state index in [0.29, 0.717) is 73.6 Å². The summed E-state index contributed by atoms with van der Waals surface area (Å²) >= 11 is 0. The molecular formula is C49H64O15. The van der Waals surface area contributed by atoms with Crippen molar-refractivity contribution in [1.82, 2.24) is 0 Å². The lowest BCUT2D eigenvalue weighted by atomic mass is 9.85. The second-order valence-corrected chi connectivity index (χ2v) is 14.4. The summed E-state index contributed by atoms with van der Waals surface area (Å²) in [5.41, 5.74) is 4.10. The maximum Gasteiger partial charge on any atom is 0.333 e. The largest absolute Gasteiger partial charge is 0.491 e. The molecule has 3 aromatic rings. The molecule has 3 rings (SSSR count). The number of carbonyl (C=O) groups excluding carboxylic acids is 3. The van der Waals surface area contributed by atoms with Crippen molar-refractivity contribution in [3.05, 3.63) is 126 Å². The Hall–Kier alpha value is -5.55. The van der Waals surface area contributed by atoms with Gasteiger partial charge in [-0.05, 0) is 94.6 Å². The van der Waals surface area contributed by atoms with Crippen molar-refractivity contribution in [2.75, 3.05) is 79.3 Å². The molecule has 3 aromatic carbocycles. The van der Waals surface area contributed by atoms with E-state index >= 15 is 0 Å². The van der Waals surface area contributed by atoms with Crippen LogP contribution in [-0.2, 0) is 57.0 Å². The van der Waals surface area contributed by atoms with Crippen LogP contribution in [0.2, 0.25) is 0 Å². The lowest BCUT2D eigenvalue weighted by Crippen LogP contribution is -2.20. The fourth-order valence-electron chi connectivity index (χ4n) is 5.53. The molecule has 0 radical (unpaired) electrons. The molecule has 0 amide bonds. The summed E-state index contributed by atoms with van der Waals surface area (Å²) in [7, 11) is 0. The Kier molecular flexibility index (Phi) is 24.5. The summed E-state index contributed by atoms with van der Waals surface area (Å²) in [5, 5.41) is 0. The maximum atomic E-state index is 11.5. The number of esters is 3. The van der Waals surface area contributed by atoms with Gasteiger partial charge in [0.05, 0.1) is 39.6 Å². The Bertz CT molecular complexity index is 1660. The zero-order valence-electron chi connectivity index (χ0n) is 38.0. The van der Waals surface area contributed by atoms with E-state index < -0.39 is 36.8 Å². The number of ether oxygens (including phenoxy) is 12. The van der Waals surface area contributed by atoms with Crippen molar-refractivity contribution < 1.29 is 71.2 Å². The molecule has 64 heavy (non-hydrogen) atoms. The van der Waals surface area contributed by atoms with Crippen LogP contribution >= 0.6 is 0 Å². The highest BCUT2D eigenvalue weighted by atomic mass is 16.7. The van der Waals surface area contributed by atoms with E-state index in [1.54, 1.807) is 41.5 Å². The number of rotatable bonds is 33. The highest BCUT2D eigenvalue weighted by molar-refractivity contribution is 5.87. The minimum absolute atomic E-state index is 0.108. The maximum absolute atomic E-state index is 11.5. The molecule has 350 valence electrons.